The van der Waals surface area contributed by atoms with Gasteiger partial charge in [0.15, 0.2) is 0 Å². The lowest BCUT2D eigenvalue weighted by atomic mass is 10.2. The minimum absolute atomic E-state index is 0.0170. The Labute approximate surface area is 154 Å². The maximum absolute atomic E-state index is 12.9. The molecule has 0 aliphatic carbocycles. The highest BCUT2D eigenvalue weighted by Crippen LogP contribution is 2.28. The number of rotatable bonds is 4. The lowest BCUT2D eigenvalue weighted by molar-refractivity contribution is 0.0755. The van der Waals surface area contributed by atoms with E-state index < -0.39 is 0 Å². The Balaban J connectivity index is 1.86. The van der Waals surface area contributed by atoms with Crippen molar-refractivity contribution in [1.82, 2.24) is 14.9 Å². The zero-order chi connectivity index (χ0) is 18.5. The van der Waals surface area contributed by atoms with Gasteiger partial charge in [-0.3, -0.25) is 4.79 Å². The molecule has 1 aromatic heterocycles. The second kappa shape index (κ2) is 8.17. The van der Waals surface area contributed by atoms with E-state index in [0.29, 0.717) is 17.3 Å². The molecule has 1 amide bonds. The van der Waals surface area contributed by atoms with E-state index in [-0.39, 0.29) is 5.91 Å². The van der Waals surface area contributed by atoms with Gasteiger partial charge in [-0.25, -0.2) is 9.97 Å². The van der Waals surface area contributed by atoms with Crippen LogP contribution in [0.2, 0.25) is 0 Å². The van der Waals surface area contributed by atoms with Gasteiger partial charge in [-0.05, 0) is 44.4 Å². The van der Waals surface area contributed by atoms with Crippen molar-refractivity contribution in [3.8, 4) is 5.75 Å². The van der Waals surface area contributed by atoms with Crippen LogP contribution in [0.3, 0.4) is 0 Å². The second-order valence-corrected chi connectivity index (χ2v) is 6.72. The summed E-state index contributed by atoms with van der Waals surface area (Å²) in [6.45, 7) is 5.43. The van der Waals surface area contributed by atoms with Gasteiger partial charge in [0.2, 0.25) is 0 Å². The van der Waals surface area contributed by atoms with Crippen LogP contribution >= 0.6 is 0 Å². The molecular weight excluding hydrogens is 328 g/mol. The monoisotopic (exact) mass is 354 g/mol. The quantitative estimate of drug-likeness (QED) is 0.903. The maximum Gasteiger partial charge on any atom is 0.272 e. The van der Waals surface area contributed by atoms with Crippen molar-refractivity contribution in [2.75, 3.05) is 25.5 Å². The van der Waals surface area contributed by atoms with Gasteiger partial charge in [0.05, 0.1) is 12.8 Å². The number of carbonyl (C=O) groups excluding carboxylic acids is 1. The summed E-state index contributed by atoms with van der Waals surface area (Å²) in [5.74, 6) is 1.88. The highest BCUT2D eigenvalue weighted by molar-refractivity contribution is 5.93. The molecule has 1 N–H and O–H groups in total. The van der Waals surface area contributed by atoms with Crippen molar-refractivity contribution >= 4 is 17.4 Å². The number of amides is 1. The van der Waals surface area contributed by atoms with E-state index in [2.05, 4.69) is 15.3 Å². The number of methoxy groups -OCH3 is 1. The topological polar surface area (TPSA) is 67.3 Å². The summed E-state index contributed by atoms with van der Waals surface area (Å²) < 4.78 is 5.41. The number of ether oxygens (including phenoxy) is 1. The second-order valence-electron chi connectivity index (χ2n) is 6.72. The van der Waals surface area contributed by atoms with Crippen LogP contribution in [0.1, 0.15) is 47.6 Å². The van der Waals surface area contributed by atoms with Crippen LogP contribution in [-0.2, 0) is 0 Å². The third-order valence-electron chi connectivity index (χ3n) is 4.57. The first-order chi connectivity index (χ1) is 12.6. The number of anilines is 2. The molecule has 1 saturated heterocycles. The van der Waals surface area contributed by atoms with Gasteiger partial charge in [-0.2, -0.15) is 0 Å². The van der Waals surface area contributed by atoms with Crippen molar-refractivity contribution in [3.63, 3.8) is 0 Å². The fourth-order valence-corrected chi connectivity index (χ4v) is 3.23. The predicted octanol–water partition coefficient (Wildman–Crippen LogP) is 3.86. The first kappa shape index (κ1) is 18.2. The van der Waals surface area contributed by atoms with Gasteiger partial charge in [0.25, 0.3) is 5.91 Å². The summed E-state index contributed by atoms with van der Waals surface area (Å²) in [5, 5.41) is 3.27. The summed E-state index contributed by atoms with van der Waals surface area (Å²) in [7, 11) is 1.63. The fraction of sp³-hybridized carbons (Fsp3) is 0.450. The van der Waals surface area contributed by atoms with Crippen LogP contribution in [0.25, 0.3) is 0 Å². The zero-order valence-electron chi connectivity index (χ0n) is 15.7. The first-order valence-electron chi connectivity index (χ1n) is 9.13. The number of nitrogens with one attached hydrogen (secondary N) is 1. The molecule has 0 saturated carbocycles. The highest BCUT2D eigenvalue weighted by atomic mass is 16.5. The Kier molecular flexibility index (Phi) is 5.71. The molecule has 0 unspecified atom stereocenters. The number of aryl methyl sites for hydroxylation is 2. The van der Waals surface area contributed by atoms with Crippen molar-refractivity contribution in [2.45, 2.75) is 39.5 Å². The minimum atomic E-state index is -0.0170. The number of carbonyl (C=O) groups is 1. The average molecular weight is 354 g/mol. The van der Waals surface area contributed by atoms with Gasteiger partial charge in [-0.1, -0.05) is 18.9 Å². The fourth-order valence-electron chi connectivity index (χ4n) is 3.23. The van der Waals surface area contributed by atoms with E-state index in [1.807, 2.05) is 30.0 Å². The van der Waals surface area contributed by atoms with Crippen LogP contribution in [0.15, 0.2) is 24.3 Å². The molecule has 1 aromatic carbocycles. The molecular formula is C20H26N4O2. The molecule has 0 spiro atoms. The van der Waals surface area contributed by atoms with Crippen molar-refractivity contribution in [3.05, 3.63) is 41.3 Å². The summed E-state index contributed by atoms with van der Waals surface area (Å²) in [6.07, 6.45) is 4.49. The summed E-state index contributed by atoms with van der Waals surface area (Å²) in [5.41, 5.74) is 2.37. The lowest BCUT2D eigenvalue weighted by Crippen LogP contribution is -2.32. The van der Waals surface area contributed by atoms with Crippen LogP contribution in [0.5, 0.6) is 5.75 Å². The molecule has 1 aliphatic heterocycles. The number of nitrogens with zero attached hydrogens (tertiary/aromatic N) is 3. The number of likely N-dealkylation sites (tertiary alicyclic amines) is 1. The summed E-state index contributed by atoms with van der Waals surface area (Å²) in [4.78, 5) is 23.6. The van der Waals surface area contributed by atoms with E-state index in [0.717, 1.165) is 42.9 Å². The Hall–Kier alpha value is -2.63. The molecule has 0 atom stereocenters. The van der Waals surface area contributed by atoms with Gasteiger partial charge in [0.1, 0.15) is 23.1 Å². The molecule has 3 rings (SSSR count). The average Bonchev–Trinajstić information content (AvgIpc) is 2.90. The van der Waals surface area contributed by atoms with Gasteiger partial charge < -0.3 is 15.0 Å². The number of aromatic nitrogens is 2. The Morgan fingerprint density at radius 3 is 2.50 bits per heavy atom. The third-order valence-corrected chi connectivity index (χ3v) is 4.57. The van der Waals surface area contributed by atoms with E-state index in [9.17, 15) is 4.79 Å². The molecule has 2 aromatic rings. The SMILES string of the molecule is COc1ccc(C)cc1Nc1cc(C(=O)N2CCCCCC2)nc(C)n1. The maximum atomic E-state index is 12.9. The Morgan fingerprint density at radius 2 is 1.81 bits per heavy atom. The molecule has 138 valence electrons. The largest absolute Gasteiger partial charge is 0.495 e. The zero-order valence-corrected chi connectivity index (χ0v) is 15.7. The van der Waals surface area contributed by atoms with Crippen LogP contribution < -0.4 is 10.1 Å². The van der Waals surface area contributed by atoms with E-state index in [1.54, 1.807) is 20.1 Å². The normalized spacial score (nSPS) is 14.7. The van der Waals surface area contributed by atoms with Gasteiger partial charge in [0, 0.05) is 19.2 Å². The molecule has 0 radical (unpaired) electrons. The molecule has 26 heavy (non-hydrogen) atoms. The lowest BCUT2D eigenvalue weighted by Gasteiger charge is -2.20. The molecule has 1 fully saturated rings. The predicted molar refractivity (Wildman–Crippen MR) is 102 cm³/mol. The first-order valence-corrected chi connectivity index (χ1v) is 9.13. The summed E-state index contributed by atoms with van der Waals surface area (Å²) in [6, 6.07) is 7.62. The highest BCUT2D eigenvalue weighted by Gasteiger charge is 2.20. The van der Waals surface area contributed by atoms with Crippen molar-refractivity contribution in [2.24, 2.45) is 0 Å². The van der Waals surface area contributed by atoms with Crippen LogP contribution in [-0.4, -0.2) is 41.0 Å². The smallest absolute Gasteiger partial charge is 0.272 e. The van der Waals surface area contributed by atoms with Gasteiger partial charge in [-0.15, -0.1) is 0 Å². The minimum Gasteiger partial charge on any atom is -0.495 e. The molecule has 1 aliphatic rings. The number of hydrogen-bond donors (Lipinski definition) is 1. The molecule has 6 nitrogen and oxygen atoms in total. The van der Waals surface area contributed by atoms with E-state index >= 15 is 0 Å². The molecule has 0 bridgehead atoms. The number of hydrogen-bond acceptors (Lipinski definition) is 5. The molecule has 2 heterocycles. The van der Waals surface area contributed by atoms with Gasteiger partial charge >= 0.3 is 0 Å². The summed E-state index contributed by atoms with van der Waals surface area (Å²) >= 11 is 0. The van der Waals surface area contributed by atoms with E-state index in [4.69, 9.17) is 4.74 Å². The standard InChI is InChI=1S/C20H26N4O2/c1-14-8-9-18(26-3)16(12-14)23-19-13-17(21-15(2)22-19)20(25)24-10-6-4-5-7-11-24/h8-9,12-13H,4-7,10-11H2,1-3H3,(H,21,22,23). The third kappa shape index (κ3) is 4.31. The van der Waals surface area contributed by atoms with Crippen LogP contribution in [0.4, 0.5) is 11.5 Å². The van der Waals surface area contributed by atoms with E-state index in [1.165, 1.54) is 12.8 Å². The van der Waals surface area contributed by atoms with Crippen molar-refractivity contribution < 1.29 is 9.53 Å². The number of benzene rings is 1. The van der Waals surface area contributed by atoms with Crippen LogP contribution in [0, 0.1) is 13.8 Å². The molecule has 6 heteroatoms. The Bertz CT molecular complexity index is 783. The van der Waals surface area contributed by atoms with Crippen molar-refractivity contribution in [1.29, 1.82) is 0 Å². The Morgan fingerprint density at radius 1 is 1.08 bits per heavy atom.